The molecule has 1 aromatic rings. The summed E-state index contributed by atoms with van der Waals surface area (Å²) in [7, 11) is 0. The van der Waals surface area contributed by atoms with E-state index < -0.39 is 0 Å². The molecule has 1 saturated heterocycles. The summed E-state index contributed by atoms with van der Waals surface area (Å²) >= 11 is 0. The monoisotopic (exact) mass is 222 g/mol. The molecule has 0 saturated carbocycles. The van der Waals surface area contributed by atoms with Crippen LogP contribution in [0.2, 0.25) is 0 Å². The van der Waals surface area contributed by atoms with Crippen molar-refractivity contribution in [3.8, 4) is 0 Å². The molecule has 0 aliphatic carbocycles. The SMILES string of the molecule is CCNc1nccn1CCN1CCCCC1. The number of nitrogens with one attached hydrogen (secondary N) is 1. The molecular weight excluding hydrogens is 200 g/mol. The lowest BCUT2D eigenvalue weighted by Crippen LogP contribution is -2.32. The Morgan fingerprint density at radius 3 is 2.81 bits per heavy atom. The first-order valence-electron chi connectivity index (χ1n) is 6.37. The van der Waals surface area contributed by atoms with Gasteiger partial charge in [-0.2, -0.15) is 0 Å². The van der Waals surface area contributed by atoms with Crippen molar-refractivity contribution in [2.24, 2.45) is 0 Å². The maximum atomic E-state index is 4.30. The van der Waals surface area contributed by atoms with Gasteiger partial charge in [0.2, 0.25) is 5.95 Å². The Kier molecular flexibility index (Phi) is 4.22. The largest absolute Gasteiger partial charge is 0.356 e. The molecule has 0 atom stereocenters. The van der Waals surface area contributed by atoms with E-state index in [0.717, 1.165) is 25.6 Å². The first kappa shape index (κ1) is 11.5. The number of hydrogen-bond donors (Lipinski definition) is 1. The zero-order chi connectivity index (χ0) is 11.2. The highest BCUT2D eigenvalue weighted by Crippen LogP contribution is 2.09. The number of nitrogens with zero attached hydrogens (tertiary/aromatic N) is 3. The Hall–Kier alpha value is -1.03. The van der Waals surface area contributed by atoms with Gasteiger partial charge in [-0.3, -0.25) is 0 Å². The molecule has 0 bridgehead atoms. The standard InChI is InChI=1S/C12H22N4/c1-2-13-12-14-6-9-16(12)11-10-15-7-4-3-5-8-15/h6,9H,2-5,7-8,10-11H2,1H3,(H,13,14). The number of hydrogen-bond acceptors (Lipinski definition) is 3. The topological polar surface area (TPSA) is 33.1 Å². The molecule has 1 aliphatic heterocycles. The molecule has 0 unspecified atom stereocenters. The van der Waals surface area contributed by atoms with Gasteiger partial charge in [-0.25, -0.2) is 4.98 Å². The van der Waals surface area contributed by atoms with Crippen molar-refractivity contribution in [2.75, 3.05) is 31.5 Å². The number of rotatable bonds is 5. The van der Waals surface area contributed by atoms with Crippen LogP contribution in [0.15, 0.2) is 12.4 Å². The van der Waals surface area contributed by atoms with E-state index in [2.05, 4.69) is 32.9 Å². The minimum absolute atomic E-state index is 0.931. The normalized spacial score (nSPS) is 17.6. The fourth-order valence-electron chi connectivity index (χ4n) is 2.25. The first-order valence-corrected chi connectivity index (χ1v) is 6.37. The summed E-state index contributed by atoms with van der Waals surface area (Å²) in [6.45, 7) is 7.76. The number of anilines is 1. The van der Waals surface area contributed by atoms with Gasteiger partial charge in [0.25, 0.3) is 0 Å². The Bertz CT molecular complexity index is 302. The highest BCUT2D eigenvalue weighted by Gasteiger charge is 2.10. The Balaban J connectivity index is 1.81. The van der Waals surface area contributed by atoms with Crippen LogP contribution in [0.1, 0.15) is 26.2 Å². The summed E-state index contributed by atoms with van der Waals surface area (Å²) in [5.41, 5.74) is 0. The third kappa shape index (κ3) is 2.98. The van der Waals surface area contributed by atoms with Crippen molar-refractivity contribution in [1.29, 1.82) is 0 Å². The highest BCUT2D eigenvalue weighted by atomic mass is 15.2. The van der Waals surface area contributed by atoms with E-state index >= 15 is 0 Å². The number of likely N-dealkylation sites (tertiary alicyclic amines) is 1. The average Bonchev–Trinajstić information content (AvgIpc) is 2.76. The minimum atomic E-state index is 0.931. The van der Waals surface area contributed by atoms with Crippen LogP contribution in [0.3, 0.4) is 0 Å². The van der Waals surface area contributed by atoms with Crippen molar-refractivity contribution >= 4 is 5.95 Å². The smallest absolute Gasteiger partial charge is 0.202 e. The molecule has 2 heterocycles. The van der Waals surface area contributed by atoms with Crippen molar-refractivity contribution < 1.29 is 0 Å². The van der Waals surface area contributed by atoms with Crippen molar-refractivity contribution in [1.82, 2.24) is 14.5 Å². The van der Waals surface area contributed by atoms with Gasteiger partial charge in [-0.1, -0.05) is 6.42 Å². The van der Waals surface area contributed by atoms with Crippen molar-refractivity contribution in [3.63, 3.8) is 0 Å². The van der Waals surface area contributed by atoms with Crippen molar-refractivity contribution in [3.05, 3.63) is 12.4 Å². The minimum Gasteiger partial charge on any atom is -0.356 e. The summed E-state index contributed by atoms with van der Waals surface area (Å²) in [6.07, 6.45) is 8.06. The van der Waals surface area contributed by atoms with Crippen LogP contribution >= 0.6 is 0 Å². The van der Waals surface area contributed by atoms with Gasteiger partial charge in [-0.05, 0) is 32.9 Å². The molecule has 1 aromatic heterocycles. The van der Waals surface area contributed by atoms with Crippen LogP contribution in [0.25, 0.3) is 0 Å². The molecular formula is C12H22N4. The first-order chi connectivity index (χ1) is 7.90. The van der Waals surface area contributed by atoms with E-state index in [4.69, 9.17) is 0 Å². The summed E-state index contributed by atoms with van der Waals surface area (Å²) in [6, 6.07) is 0. The van der Waals surface area contributed by atoms with Gasteiger partial charge in [0.05, 0.1) is 0 Å². The lowest BCUT2D eigenvalue weighted by molar-refractivity contribution is 0.221. The summed E-state index contributed by atoms with van der Waals surface area (Å²) in [4.78, 5) is 6.86. The fraction of sp³-hybridized carbons (Fsp3) is 0.750. The van der Waals surface area contributed by atoms with Gasteiger partial charge >= 0.3 is 0 Å². The van der Waals surface area contributed by atoms with Crippen LogP contribution in [0, 0.1) is 0 Å². The van der Waals surface area contributed by atoms with Crippen LogP contribution in [-0.4, -0.2) is 40.6 Å². The maximum Gasteiger partial charge on any atom is 0.202 e. The van der Waals surface area contributed by atoms with E-state index in [1.807, 2.05) is 6.20 Å². The van der Waals surface area contributed by atoms with Crippen LogP contribution < -0.4 is 5.32 Å². The van der Waals surface area contributed by atoms with Gasteiger partial charge in [-0.15, -0.1) is 0 Å². The van der Waals surface area contributed by atoms with E-state index in [0.29, 0.717) is 0 Å². The number of imidazole rings is 1. The molecule has 0 radical (unpaired) electrons. The lowest BCUT2D eigenvalue weighted by Gasteiger charge is -2.26. The van der Waals surface area contributed by atoms with Crippen LogP contribution in [0.5, 0.6) is 0 Å². The van der Waals surface area contributed by atoms with Gasteiger partial charge < -0.3 is 14.8 Å². The highest BCUT2D eigenvalue weighted by molar-refractivity contribution is 5.25. The molecule has 16 heavy (non-hydrogen) atoms. The average molecular weight is 222 g/mol. The molecule has 1 aliphatic rings. The summed E-state index contributed by atoms with van der Waals surface area (Å²) in [5, 5.41) is 3.28. The predicted molar refractivity (Wildman–Crippen MR) is 66.7 cm³/mol. The second kappa shape index (κ2) is 5.89. The van der Waals surface area contributed by atoms with Crippen LogP contribution in [-0.2, 0) is 6.54 Å². The molecule has 0 spiro atoms. The molecule has 2 rings (SSSR count). The van der Waals surface area contributed by atoms with Crippen molar-refractivity contribution in [2.45, 2.75) is 32.7 Å². The van der Waals surface area contributed by atoms with E-state index in [1.165, 1.54) is 32.4 Å². The zero-order valence-corrected chi connectivity index (χ0v) is 10.2. The van der Waals surface area contributed by atoms with Gasteiger partial charge in [0, 0.05) is 32.0 Å². The second-order valence-electron chi connectivity index (χ2n) is 4.38. The number of piperidine rings is 1. The molecule has 4 heteroatoms. The summed E-state index contributed by atoms with van der Waals surface area (Å²) in [5.74, 6) is 1.000. The summed E-state index contributed by atoms with van der Waals surface area (Å²) < 4.78 is 2.21. The Morgan fingerprint density at radius 1 is 1.25 bits per heavy atom. The Morgan fingerprint density at radius 2 is 2.06 bits per heavy atom. The molecule has 90 valence electrons. The molecule has 0 aromatic carbocycles. The fourth-order valence-corrected chi connectivity index (χ4v) is 2.25. The number of aromatic nitrogens is 2. The molecule has 1 N–H and O–H groups in total. The zero-order valence-electron chi connectivity index (χ0n) is 10.2. The lowest BCUT2D eigenvalue weighted by atomic mass is 10.1. The van der Waals surface area contributed by atoms with E-state index in [-0.39, 0.29) is 0 Å². The third-order valence-electron chi connectivity index (χ3n) is 3.16. The predicted octanol–water partition coefficient (Wildman–Crippen LogP) is 1.80. The van der Waals surface area contributed by atoms with Gasteiger partial charge in [0.15, 0.2) is 0 Å². The molecule has 0 amide bonds. The van der Waals surface area contributed by atoms with E-state index in [9.17, 15) is 0 Å². The van der Waals surface area contributed by atoms with E-state index in [1.54, 1.807) is 0 Å². The Labute approximate surface area is 97.7 Å². The quantitative estimate of drug-likeness (QED) is 0.824. The van der Waals surface area contributed by atoms with Gasteiger partial charge in [0.1, 0.15) is 0 Å². The second-order valence-corrected chi connectivity index (χ2v) is 4.38. The third-order valence-corrected chi connectivity index (χ3v) is 3.16. The maximum absolute atomic E-state index is 4.30. The molecule has 4 nitrogen and oxygen atoms in total. The molecule has 1 fully saturated rings. The van der Waals surface area contributed by atoms with Crippen LogP contribution in [0.4, 0.5) is 5.95 Å².